The Kier molecular flexibility index (Phi) is 13.5. The second-order valence-electron chi connectivity index (χ2n) is 12.0. The van der Waals surface area contributed by atoms with Crippen molar-refractivity contribution < 1.29 is 68.0 Å². The molecule has 0 bridgehead atoms. The van der Waals surface area contributed by atoms with Gasteiger partial charge in [0.25, 0.3) is 5.91 Å². The molecule has 0 saturated carbocycles. The van der Waals surface area contributed by atoms with Crippen molar-refractivity contribution in [1.82, 2.24) is 9.96 Å². The maximum absolute atomic E-state index is 13.6. The third-order valence-electron chi connectivity index (χ3n) is 8.08. The van der Waals surface area contributed by atoms with E-state index in [1.807, 2.05) is 0 Å². The lowest BCUT2D eigenvalue weighted by Gasteiger charge is -2.26. The molecule has 5 rings (SSSR count). The molecule has 2 heterocycles. The minimum Gasteiger partial charge on any atom is -0.492 e. The van der Waals surface area contributed by atoms with E-state index in [1.165, 1.54) is 48.5 Å². The Bertz CT molecular complexity index is 2000. The zero-order valence-electron chi connectivity index (χ0n) is 28.5. The van der Waals surface area contributed by atoms with E-state index >= 15 is 0 Å². The van der Waals surface area contributed by atoms with E-state index < -0.39 is 51.2 Å². The fourth-order valence-corrected chi connectivity index (χ4v) is 7.50. The first-order chi connectivity index (χ1) is 25.9. The SMILES string of the molecule is O=C(O)c1ccc(OS(=O)(=O)CCCCON2C(=O)/C(=C/c3cc(-c4cc(C(F)(F)F)cc(C(F)(F)F)c4)ccc3OCCN3CCOCC3)SC2=S)cc1. The monoisotopic (exact) mass is 834 g/mol. The number of rotatable bonds is 15. The van der Waals surface area contributed by atoms with Crippen LogP contribution in [0.4, 0.5) is 26.3 Å². The van der Waals surface area contributed by atoms with Crippen LogP contribution < -0.4 is 8.92 Å². The number of benzene rings is 3. The molecule has 3 aromatic carbocycles. The fourth-order valence-electron chi connectivity index (χ4n) is 5.29. The van der Waals surface area contributed by atoms with Crippen molar-refractivity contribution in [2.24, 2.45) is 0 Å². The standard InChI is InChI=1S/C35H32F6N2O9S3/c36-34(37,38)26-18-24(19-27(21-26)35(39,40)41)23-5-8-29(50-15-11-42-9-13-49-14-10-42)25(17-23)20-30-31(44)43(33(53)54-30)51-12-1-2-16-55(47,48)52-28-6-3-22(4-7-28)32(45)46/h3-8,17-21H,1-2,9-16H2,(H,45,46)/b30-20-. The van der Waals surface area contributed by atoms with Crippen molar-refractivity contribution >= 4 is 56.4 Å². The number of alkyl halides is 6. The van der Waals surface area contributed by atoms with Crippen LogP contribution in [0.5, 0.6) is 11.5 Å². The molecular formula is C35H32F6N2O9S3. The maximum atomic E-state index is 13.6. The van der Waals surface area contributed by atoms with E-state index in [9.17, 15) is 44.3 Å². The third kappa shape index (κ3) is 11.7. The maximum Gasteiger partial charge on any atom is 0.416 e. The smallest absolute Gasteiger partial charge is 0.416 e. The molecule has 2 saturated heterocycles. The summed E-state index contributed by atoms with van der Waals surface area (Å²) in [5, 5.41) is 9.80. The topological polar surface area (TPSA) is 132 Å². The van der Waals surface area contributed by atoms with E-state index in [0.29, 0.717) is 45.0 Å². The van der Waals surface area contributed by atoms with E-state index in [1.54, 1.807) is 0 Å². The number of aromatic carboxylic acids is 1. The van der Waals surface area contributed by atoms with Crippen molar-refractivity contribution in [3.05, 3.63) is 87.8 Å². The van der Waals surface area contributed by atoms with Gasteiger partial charge in [0, 0.05) is 25.2 Å². The number of unbranched alkanes of at least 4 members (excludes halogenated alkanes) is 1. The van der Waals surface area contributed by atoms with Crippen LogP contribution in [0, 0.1) is 0 Å². The molecule has 11 nitrogen and oxygen atoms in total. The third-order valence-corrected chi connectivity index (χ3v) is 10.6. The molecule has 296 valence electrons. The van der Waals surface area contributed by atoms with Gasteiger partial charge in [-0.3, -0.25) is 14.5 Å². The Labute approximate surface area is 320 Å². The Balaban J connectivity index is 1.29. The molecule has 3 aromatic rings. The van der Waals surface area contributed by atoms with Crippen molar-refractivity contribution in [3.8, 4) is 22.6 Å². The van der Waals surface area contributed by atoms with Gasteiger partial charge in [-0.15, -0.1) is 0 Å². The van der Waals surface area contributed by atoms with Crippen molar-refractivity contribution in [1.29, 1.82) is 0 Å². The number of amides is 1. The molecule has 0 radical (unpaired) electrons. The molecule has 0 aromatic heterocycles. The zero-order chi connectivity index (χ0) is 40.0. The number of thiocarbonyl (C=S) groups is 1. The molecule has 0 aliphatic carbocycles. The van der Waals surface area contributed by atoms with E-state index in [0.717, 1.165) is 16.8 Å². The normalized spacial score (nSPS) is 16.5. The van der Waals surface area contributed by atoms with Gasteiger partial charge in [0.05, 0.1) is 47.2 Å². The van der Waals surface area contributed by atoms with Gasteiger partial charge in [0.15, 0.2) is 4.32 Å². The molecule has 0 unspecified atom stereocenters. The molecule has 0 atom stereocenters. The molecular weight excluding hydrogens is 803 g/mol. The summed E-state index contributed by atoms with van der Waals surface area (Å²) in [4.78, 5) is 32.0. The van der Waals surface area contributed by atoms with Gasteiger partial charge < -0.3 is 18.8 Å². The van der Waals surface area contributed by atoms with E-state index in [4.69, 9.17) is 35.8 Å². The number of nitrogens with zero attached hydrogens (tertiary/aromatic N) is 2. The van der Waals surface area contributed by atoms with Gasteiger partial charge in [0.2, 0.25) is 0 Å². The van der Waals surface area contributed by atoms with Crippen molar-refractivity contribution in [2.45, 2.75) is 25.2 Å². The fraction of sp³-hybridized carbons (Fsp3) is 0.343. The number of hydrogen-bond donors (Lipinski definition) is 1. The molecule has 2 fully saturated rings. The van der Waals surface area contributed by atoms with Gasteiger partial charge in [-0.05, 0) is 96.9 Å². The first kappa shape index (κ1) is 41.9. The lowest BCUT2D eigenvalue weighted by Crippen LogP contribution is -2.38. The van der Waals surface area contributed by atoms with Crippen LogP contribution >= 0.6 is 24.0 Å². The van der Waals surface area contributed by atoms with Crippen molar-refractivity contribution in [2.75, 3.05) is 51.8 Å². The van der Waals surface area contributed by atoms with Crippen LogP contribution in [0.25, 0.3) is 17.2 Å². The van der Waals surface area contributed by atoms with Gasteiger partial charge in [-0.1, -0.05) is 17.8 Å². The molecule has 2 aliphatic heterocycles. The highest BCUT2D eigenvalue weighted by molar-refractivity contribution is 8.26. The lowest BCUT2D eigenvalue weighted by molar-refractivity contribution is -0.155. The first-order valence-corrected chi connectivity index (χ1v) is 19.2. The molecule has 0 spiro atoms. The molecule has 20 heteroatoms. The number of carbonyl (C=O) groups excluding carboxylic acids is 1. The van der Waals surface area contributed by atoms with Gasteiger partial charge in [-0.25, -0.2) is 4.79 Å². The summed E-state index contributed by atoms with van der Waals surface area (Å²) >= 11 is 6.14. The number of ether oxygens (including phenoxy) is 2. The van der Waals surface area contributed by atoms with Gasteiger partial charge >= 0.3 is 28.4 Å². The van der Waals surface area contributed by atoms with Crippen LogP contribution in [0.3, 0.4) is 0 Å². The largest absolute Gasteiger partial charge is 0.492 e. The molecule has 1 N–H and O–H groups in total. The van der Waals surface area contributed by atoms with Crippen LogP contribution in [-0.2, 0) is 36.8 Å². The van der Waals surface area contributed by atoms with E-state index in [2.05, 4.69) is 4.90 Å². The van der Waals surface area contributed by atoms with Gasteiger partial charge in [0.1, 0.15) is 18.1 Å². The van der Waals surface area contributed by atoms with Crippen LogP contribution in [0.15, 0.2) is 65.6 Å². The van der Waals surface area contributed by atoms with E-state index in [-0.39, 0.29) is 75.1 Å². The Morgan fingerprint density at radius 3 is 2.18 bits per heavy atom. The predicted octanol–water partition coefficient (Wildman–Crippen LogP) is 7.12. The Morgan fingerprint density at radius 1 is 0.909 bits per heavy atom. The first-order valence-electron chi connectivity index (χ1n) is 16.4. The quantitative estimate of drug-likeness (QED) is 0.0550. The molecule has 1 amide bonds. The number of hydrogen-bond acceptors (Lipinski definition) is 11. The summed E-state index contributed by atoms with van der Waals surface area (Å²) in [5.74, 6) is -2.18. The lowest BCUT2D eigenvalue weighted by atomic mass is 9.97. The highest BCUT2D eigenvalue weighted by atomic mass is 32.2. The summed E-state index contributed by atoms with van der Waals surface area (Å²) in [5.41, 5.74) is -3.22. The summed E-state index contributed by atoms with van der Waals surface area (Å²) in [6.45, 7) is 2.96. The summed E-state index contributed by atoms with van der Waals surface area (Å²) in [6, 6.07) is 10.1. The Hall–Kier alpha value is -4.21. The summed E-state index contributed by atoms with van der Waals surface area (Å²) in [7, 11) is -4.05. The summed E-state index contributed by atoms with van der Waals surface area (Å²) < 4.78 is 123. The minimum absolute atomic E-state index is 0.00804. The number of carboxylic acids is 1. The average molecular weight is 835 g/mol. The van der Waals surface area contributed by atoms with Crippen LogP contribution in [-0.4, -0.2) is 91.5 Å². The Morgan fingerprint density at radius 2 is 1.56 bits per heavy atom. The molecule has 2 aliphatic rings. The number of hydroxylamine groups is 2. The molecule has 55 heavy (non-hydrogen) atoms. The minimum atomic E-state index is -5.06. The van der Waals surface area contributed by atoms with Crippen LogP contribution in [0.2, 0.25) is 0 Å². The highest BCUT2D eigenvalue weighted by Gasteiger charge is 2.37. The summed E-state index contributed by atoms with van der Waals surface area (Å²) in [6.07, 6.45) is -8.56. The average Bonchev–Trinajstić information content (AvgIpc) is 3.38. The number of thioether (sulfide) groups is 1. The van der Waals surface area contributed by atoms with Crippen LogP contribution in [0.1, 0.15) is 39.9 Å². The number of halogens is 6. The highest BCUT2D eigenvalue weighted by Crippen LogP contribution is 2.40. The predicted molar refractivity (Wildman–Crippen MR) is 193 cm³/mol. The van der Waals surface area contributed by atoms with Crippen molar-refractivity contribution in [3.63, 3.8) is 0 Å². The number of morpholine rings is 1. The zero-order valence-corrected chi connectivity index (χ0v) is 31.0. The number of carboxylic acid groups (broad SMARTS) is 1. The van der Waals surface area contributed by atoms with Gasteiger partial charge in [-0.2, -0.15) is 39.8 Å². The second-order valence-corrected chi connectivity index (χ2v) is 15.4. The number of carbonyl (C=O) groups is 2. The second kappa shape index (κ2) is 17.7.